The summed E-state index contributed by atoms with van der Waals surface area (Å²) in [5.41, 5.74) is -0.222. The standard InChI is InChI=1S/C19H23N3O4/c1-14-3-5-16(6-4-14)26-19(18(24)25)7-10-21(11-8-19)17(23)15(2)22-12-9-20-13-22/h3-6,9,12-13,15H,7-8,10-11H2,1-2H3,(H,24,25). The van der Waals surface area contributed by atoms with Crippen LogP contribution >= 0.6 is 0 Å². The van der Waals surface area contributed by atoms with Crippen molar-refractivity contribution >= 4 is 11.9 Å². The number of benzene rings is 1. The van der Waals surface area contributed by atoms with E-state index in [0.29, 0.717) is 18.8 Å². The maximum atomic E-state index is 12.7. The molecule has 2 heterocycles. The zero-order valence-electron chi connectivity index (χ0n) is 15.0. The minimum absolute atomic E-state index is 0.0441. The lowest BCUT2D eigenvalue weighted by molar-refractivity contribution is -0.162. The first-order chi connectivity index (χ1) is 12.4. The number of carboxylic acids is 1. The molecule has 1 aliphatic heterocycles. The fourth-order valence-electron chi connectivity index (χ4n) is 3.17. The number of rotatable bonds is 5. The third kappa shape index (κ3) is 3.56. The molecule has 2 aromatic rings. The van der Waals surface area contributed by atoms with Gasteiger partial charge in [-0.05, 0) is 26.0 Å². The molecule has 7 nitrogen and oxygen atoms in total. The highest BCUT2D eigenvalue weighted by Gasteiger charge is 2.45. The van der Waals surface area contributed by atoms with Crippen molar-refractivity contribution in [3.05, 3.63) is 48.5 Å². The van der Waals surface area contributed by atoms with Crippen LogP contribution < -0.4 is 4.74 Å². The molecule has 1 aromatic heterocycles. The lowest BCUT2D eigenvalue weighted by Gasteiger charge is -2.39. The van der Waals surface area contributed by atoms with Gasteiger partial charge in [0.1, 0.15) is 11.8 Å². The van der Waals surface area contributed by atoms with Crippen molar-refractivity contribution in [2.75, 3.05) is 13.1 Å². The molecule has 138 valence electrons. The molecule has 1 unspecified atom stereocenters. The first-order valence-electron chi connectivity index (χ1n) is 8.66. The van der Waals surface area contributed by atoms with E-state index in [2.05, 4.69) is 4.98 Å². The fourth-order valence-corrected chi connectivity index (χ4v) is 3.17. The average Bonchev–Trinajstić information content (AvgIpc) is 3.17. The molecule has 1 saturated heterocycles. The molecule has 1 N–H and O–H groups in total. The second-order valence-electron chi connectivity index (χ2n) is 6.73. The zero-order chi connectivity index (χ0) is 18.7. The van der Waals surface area contributed by atoms with Crippen LogP contribution in [0, 0.1) is 6.92 Å². The number of hydrogen-bond donors (Lipinski definition) is 1. The topological polar surface area (TPSA) is 84.7 Å². The van der Waals surface area contributed by atoms with E-state index in [-0.39, 0.29) is 24.8 Å². The molecule has 0 bridgehead atoms. The van der Waals surface area contributed by atoms with E-state index < -0.39 is 11.6 Å². The lowest BCUT2D eigenvalue weighted by atomic mass is 9.90. The van der Waals surface area contributed by atoms with Gasteiger partial charge in [-0.1, -0.05) is 17.7 Å². The predicted octanol–water partition coefficient (Wildman–Crippen LogP) is 2.28. The highest BCUT2D eigenvalue weighted by molar-refractivity contribution is 5.82. The normalized spacial score (nSPS) is 17.5. The van der Waals surface area contributed by atoms with Gasteiger partial charge in [-0.25, -0.2) is 9.78 Å². The number of nitrogens with zero attached hydrogens (tertiary/aromatic N) is 3. The van der Waals surface area contributed by atoms with Crippen LogP contribution in [0.2, 0.25) is 0 Å². The molecular formula is C19H23N3O4. The molecule has 0 radical (unpaired) electrons. The van der Waals surface area contributed by atoms with Crippen molar-refractivity contribution < 1.29 is 19.4 Å². The Kier molecular flexibility index (Phi) is 4.97. The molecule has 1 fully saturated rings. The van der Waals surface area contributed by atoms with Crippen molar-refractivity contribution in [3.63, 3.8) is 0 Å². The molecule has 26 heavy (non-hydrogen) atoms. The molecule has 1 amide bonds. The van der Waals surface area contributed by atoms with E-state index in [9.17, 15) is 14.7 Å². The Hall–Kier alpha value is -2.83. The maximum Gasteiger partial charge on any atom is 0.348 e. The fraction of sp³-hybridized carbons (Fsp3) is 0.421. The lowest BCUT2D eigenvalue weighted by Crippen LogP contribution is -2.55. The number of aliphatic carboxylic acids is 1. The number of hydrogen-bond acceptors (Lipinski definition) is 4. The number of aromatic nitrogens is 2. The summed E-state index contributed by atoms with van der Waals surface area (Å²) in [6.45, 7) is 4.46. The van der Waals surface area contributed by atoms with E-state index in [1.165, 1.54) is 0 Å². The van der Waals surface area contributed by atoms with Gasteiger partial charge in [0.05, 0.1) is 6.33 Å². The number of likely N-dealkylation sites (tertiary alicyclic amines) is 1. The first kappa shape index (κ1) is 18.0. The van der Waals surface area contributed by atoms with Gasteiger partial charge in [0.25, 0.3) is 0 Å². The summed E-state index contributed by atoms with van der Waals surface area (Å²) >= 11 is 0. The molecule has 1 atom stereocenters. The van der Waals surface area contributed by atoms with Crippen LogP contribution in [0.4, 0.5) is 0 Å². The molecule has 1 aliphatic rings. The Morgan fingerprint density at radius 1 is 1.23 bits per heavy atom. The minimum Gasteiger partial charge on any atom is -0.478 e. The van der Waals surface area contributed by atoms with Crippen LogP contribution in [-0.2, 0) is 9.59 Å². The van der Waals surface area contributed by atoms with Crippen molar-refractivity contribution in [3.8, 4) is 5.75 Å². The number of carboxylic acid groups (broad SMARTS) is 1. The van der Waals surface area contributed by atoms with E-state index in [4.69, 9.17) is 4.74 Å². The van der Waals surface area contributed by atoms with Gasteiger partial charge < -0.3 is 19.3 Å². The van der Waals surface area contributed by atoms with Gasteiger partial charge in [-0.2, -0.15) is 0 Å². The molecule has 0 saturated carbocycles. The maximum absolute atomic E-state index is 12.7. The van der Waals surface area contributed by atoms with Crippen LogP contribution in [0.25, 0.3) is 0 Å². The summed E-state index contributed by atoms with van der Waals surface area (Å²) in [5, 5.41) is 9.75. The van der Waals surface area contributed by atoms with Gasteiger partial charge in [-0.3, -0.25) is 4.79 Å². The van der Waals surface area contributed by atoms with Crippen molar-refractivity contribution in [1.82, 2.24) is 14.5 Å². The minimum atomic E-state index is -1.30. The second kappa shape index (κ2) is 7.19. The number of aryl methyl sites for hydroxylation is 1. The molecule has 0 spiro atoms. The SMILES string of the molecule is Cc1ccc(OC2(C(=O)O)CCN(C(=O)C(C)n3ccnc3)CC2)cc1. The quantitative estimate of drug-likeness (QED) is 0.887. The molecule has 0 aliphatic carbocycles. The number of ether oxygens (including phenoxy) is 1. The number of piperidine rings is 1. The molecule has 1 aromatic carbocycles. The van der Waals surface area contributed by atoms with E-state index in [1.54, 1.807) is 40.3 Å². The van der Waals surface area contributed by atoms with Crippen LogP contribution in [0.1, 0.15) is 31.4 Å². The second-order valence-corrected chi connectivity index (χ2v) is 6.73. The Labute approximate surface area is 152 Å². The summed E-state index contributed by atoms with van der Waals surface area (Å²) in [4.78, 5) is 30.2. The number of carbonyl (C=O) groups is 2. The Morgan fingerprint density at radius 3 is 2.42 bits per heavy atom. The summed E-state index contributed by atoms with van der Waals surface area (Å²) in [6, 6.07) is 6.96. The number of imidazole rings is 1. The summed E-state index contributed by atoms with van der Waals surface area (Å²) in [6.07, 6.45) is 5.48. The zero-order valence-corrected chi connectivity index (χ0v) is 15.0. The monoisotopic (exact) mass is 357 g/mol. The van der Waals surface area contributed by atoms with Gasteiger partial charge in [0.15, 0.2) is 0 Å². The van der Waals surface area contributed by atoms with Gasteiger partial charge in [-0.15, -0.1) is 0 Å². The predicted molar refractivity (Wildman–Crippen MR) is 94.9 cm³/mol. The smallest absolute Gasteiger partial charge is 0.348 e. The van der Waals surface area contributed by atoms with Crippen LogP contribution in [0.15, 0.2) is 43.0 Å². The highest BCUT2D eigenvalue weighted by atomic mass is 16.5. The Morgan fingerprint density at radius 2 is 1.88 bits per heavy atom. The van der Waals surface area contributed by atoms with E-state index in [1.807, 2.05) is 26.0 Å². The van der Waals surface area contributed by atoms with Gasteiger partial charge >= 0.3 is 5.97 Å². The van der Waals surface area contributed by atoms with Crippen LogP contribution in [0.5, 0.6) is 5.75 Å². The Balaban J connectivity index is 1.68. The highest BCUT2D eigenvalue weighted by Crippen LogP contribution is 2.30. The summed E-state index contributed by atoms with van der Waals surface area (Å²) in [5.74, 6) is -0.505. The van der Waals surface area contributed by atoms with Crippen molar-refractivity contribution in [2.45, 2.75) is 38.3 Å². The van der Waals surface area contributed by atoms with E-state index >= 15 is 0 Å². The molecule has 3 rings (SSSR count). The molecule has 7 heteroatoms. The van der Waals surface area contributed by atoms with Gasteiger partial charge in [0.2, 0.25) is 11.5 Å². The molecular weight excluding hydrogens is 334 g/mol. The third-order valence-corrected chi connectivity index (χ3v) is 4.94. The van der Waals surface area contributed by atoms with Gasteiger partial charge in [0, 0.05) is 38.3 Å². The largest absolute Gasteiger partial charge is 0.478 e. The van der Waals surface area contributed by atoms with Crippen LogP contribution in [-0.4, -0.2) is 50.1 Å². The Bertz CT molecular complexity index is 763. The number of amides is 1. The number of carbonyl (C=O) groups excluding carboxylic acids is 1. The summed E-state index contributed by atoms with van der Waals surface area (Å²) in [7, 11) is 0. The third-order valence-electron chi connectivity index (χ3n) is 4.94. The van der Waals surface area contributed by atoms with Crippen molar-refractivity contribution in [1.29, 1.82) is 0 Å². The van der Waals surface area contributed by atoms with Crippen molar-refractivity contribution in [2.24, 2.45) is 0 Å². The first-order valence-corrected chi connectivity index (χ1v) is 8.66. The van der Waals surface area contributed by atoms with E-state index in [0.717, 1.165) is 5.56 Å². The average molecular weight is 357 g/mol. The summed E-state index contributed by atoms with van der Waals surface area (Å²) < 4.78 is 7.61. The van der Waals surface area contributed by atoms with Crippen LogP contribution in [0.3, 0.4) is 0 Å².